The first-order chi connectivity index (χ1) is 9.04. The first kappa shape index (κ1) is 14.3. The number of aliphatic hydroxyl groups excluding tert-OH is 1. The van der Waals surface area contributed by atoms with E-state index in [1.807, 2.05) is 0 Å². The molecule has 0 amide bonds. The maximum atomic E-state index is 13.9. The third kappa shape index (κ3) is 2.48. The minimum atomic E-state index is -1.16. The van der Waals surface area contributed by atoms with Gasteiger partial charge in [-0.05, 0) is 37.3 Å². The molecule has 19 heavy (non-hydrogen) atoms. The molecule has 0 spiro atoms. The van der Waals surface area contributed by atoms with Gasteiger partial charge in [0.15, 0.2) is 0 Å². The maximum Gasteiger partial charge on any atom is 0.130 e. The molecule has 2 rings (SSSR count). The average Bonchev–Trinajstić information content (AvgIpc) is 2.83. The number of hydrogen-bond donors (Lipinski definition) is 1. The van der Waals surface area contributed by atoms with Gasteiger partial charge in [-0.1, -0.05) is 31.0 Å². The normalized spacial score (nSPS) is 28.1. The Kier molecular flexibility index (Phi) is 4.13. The number of nitriles is 1. The van der Waals surface area contributed by atoms with Gasteiger partial charge in [-0.2, -0.15) is 5.26 Å². The summed E-state index contributed by atoms with van der Waals surface area (Å²) in [5, 5.41) is 20.1. The molecule has 1 fully saturated rings. The summed E-state index contributed by atoms with van der Waals surface area (Å²) in [6.45, 7) is 2.07. The van der Waals surface area contributed by atoms with E-state index >= 15 is 0 Å². The van der Waals surface area contributed by atoms with Crippen molar-refractivity contribution in [2.75, 3.05) is 0 Å². The molecule has 3 unspecified atom stereocenters. The van der Waals surface area contributed by atoms with E-state index in [0.29, 0.717) is 18.8 Å². The predicted octanol–water partition coefficient (Wildman–Crippen LogP) is 4.23. The largest absolute Gasteiger partial charge is 0.387 e. The number of rotatable bonds is 3. The van der Waals surface area contributed by atoms with Gasteiger partial charge >= 0.3 is 0 Å². The molecule has 1 saturated carbocycles. The van der Waals surface area contributed by atoms with Crippen LogP contribution in [0.2, 0.25) is 5.02 Å². The average molecular weight is 282 g/mol. The Balaban J connectivity index is 2.38. The van der Waals surface area contributed by atoms with Crippen LogP contribution in [-0.2, 0) is 0 Å². The van der Waals surface area contributed by atoms with E-state index in [9.17, 15) is 14.8 Å². The molecule has 4 heteroatoms. The van der Waals surface area contributed by atoms with Crippen LogP contribution in [0.5, 0.6) is 0 Å². The highest BCUT2D eigenvalue weighted by Gasteiger charge is 2.46. The van der Waals surface area contributed by atoms with Crippen LogP contribution in [0.15, 0.2) is 18.2 Å². The van der Waals surface area contributed by atoms with Crippen molar-refractivity contribution in [3.8, 4) is 6.07 Å². The van der Waals surface area contributed by atoms with Crippen LogP contribution in [0.4, 0.5) is 4.39 Å². The Morgan fingerprint density at radius 2 is 2.37 bits per heavy atom. The molecule has 0 bridgehead atoms. The molecule has 1 aromatic carbocycles. The number of nitrogens with zero attached hydrogens (tertiary/aromatic N) is 1. The van der Waals surface area contributed by atoms with E-state index in [1.54, 1.807) is 6.07 Å². The Morgan fingerprint density at radius 1 is 1.63 bits per heavy atom. The van der Waals surface area contributed by atoms with Crippen LogP contribution >= 0.6 is 11.6 Å². The number of aliphatic hydroxyl groups is 1. The van der Waals surface area contributed by atoms with Crippen molar-refractivity contribution < 1.29 is 9.50 Å². The molecular formula is C15H17ClFNO. The summed E-state index contributed by atoms with van der Waals surface area (Å²) in [5.74, 6) is -0.130. The van der Waals surface area contributed by atoms with Crippen molar-refractivity contribution in [1.82, 2.24) is 0 Å². The molecule has 0 saturated heterocycles. The molecule has 2 nitrogen and oxygen atoms in total. The Bertz CT molecular complexity index is 493. The van der Waals surface area contributed by atoms with Crippen LogP contribution in [0.3, 0.4) is 0 Å². The summed E-state index contributed by atoms with van der Waals surface area (Å²) < 4.78 is 13.9. The van der Waals surface area contributed by atoms with E-state index in [0.717, 1.165) is 12.8 Å². The molecule has 1 aliphatic rings. The second-order valence-corrected chi connectivity index (χ2v) is 5.73. The SMILES string of the molecule is CCC1CCC(C#N)(C(O)c2c(F)cccc2Cl)C1. The van der Waals surface area contributed by atoms with E-state index in [-0.39, 0.29) is 10.6 Å². The molecule has 0 heterocycles. The molecular weight excluding hydrogens is 265 g/mol. The van der Waals surface area contributed by atoms with Gasteiger partial charge in [0.05, 0.1) is 11.5 Å². The highest BCUT2D eigenvalue weighted by molar-refractivity contribution is 6.31. The van der Waals surface area contributed by atoms with Crippen LogP contribution in [0, 0.1) is 28.5 Å². The van der Waals surface area contributed by atoms with Gasteiger partial charge in [-0.3, -0.25) is 0 Å². The number of benzene rings is 1. The minimum absolute atomic E-state index is 0.0578. The fourth-order valence-corrected chi connectivity index (χ4v) is 3.26. The Hall–Kier alpha value is -1.11. The van der Waals surface area contributed by atoms with Crippen LogP contribution in [0.1, 0.15) is 44.3 Å². The van der Waals surface area contributed by atoms with E-state index < -0.39 is 17.3 Å². The van der Waals surface area contributed by atoms with E-state index in [4.69, 9.17) is 11.6 Å². The quantitative estimate of drug-likeness (QED) is 0.901. The minimum Gasteiger partial charge on any atom is -0.387 e. The number of hydrogen-bond acceptors (Lipinski definition) is 2. The standard InChI is InChI=1S/C15H17ClFNO/c1-2-10-6-7-15(8-10,9-18)14(19)13-11(16)4-3-5-12(13)17/h3-5,10,14,19H,2,6-8H2,1H3. The second-order valence-electron chi connectivity index (χ2n) is 5.32. The molecule has 0 aromatic heterocycles. The monoisotopic (exact) mass is 281 g/mol. The van der Waals surface area contributed by atoms with Gasteiger partial charge in [-0.25, -0.2) is 4.39 Å². The van der Waals surface area contributed by atoms with Crippen molar-refractivity contribution in [1.29, 1.82) is 5.26 Å². The first-order valence-electron chi connectivity index (χ1n) is 6.57. The molecule has 102 valence electrons. The lowest BCUT2D eigenvalue weighted by Gasteiger charge is -2.28. The molecule has 0 aliphatic heterocycles. The lowest BCUT2D eigenvalue weighted by atomic mass is 9.77. The second kappa shape index (κ2) is 5.48. The van der Waals surface area contributed by atoms with E-state index in [1.165, 1.54) is 12.1 Å². The predicted molar refractivity (Wildman–Crippen MR) is 72.0 cm³/mol. The van der Waals surface area contributed by atoms with Gasteiger partial charge < -0.3 is 5.11 Å². The molecule has 1 aliphatic carbocycles. The maximum absolute atomic E-state index is 13.9. The third-order valence-electron chi connectivity index (χ3n) is 4.25. The summed E-state index contributed by atoms with van der Waals surface area (Å²) in [7, 11) is 0. The summed E-state index contributed by atoms with van der Waals surface area (Å²) in [6, 6.07) is 6.52. The molecule has 1 aromatic rings. The smallest absolute Gasteiger partial charge is 0.130 e. The van der Waals surface area contributed by atoms with Gasteiger partial charge in [0, 0.05) is 10.6 Å². The lowest BCUT2D eigenvalue weighted by molar-refractivity contribution is 0.0610. The first-order valence-corrected chi connectivity index (χ1v) is 6.95. The molecule has 3 atom stereocenters. The zero-order chi connectivity index (χ0) is 14.0. The van der Waals surface area contributed by atoms with Gasteiger partial charge in [-0.15, -0.1) is 0 Å². The Morgan fingerprint density at radius 3 is 2.89 bits per heavy atom. The fraction of sp³-hybridized carbons (Fsp3) is 0.533. The van der Waals surface area contributed by atoms with Crippen LogP contribution in [0.25, 0.3) is 0 Å². The molecule has 0 radical (unpaired) electrons. The van der Waals surface area contributed by atoms with Crippen molar-refractivity contribution in [2.45, 2.75) is 38.7 Å². The highest BCUT2D eigenvalue weighted by atomic mass is 35.5. The van der Waals surface area contributed by atoms with Crippen LogP contribution in [-0.4, -0.2) is 5.11 Å². The zero-order valence-electron chi connectivity index (χ0n) is 10.9. The van der Waals surface area contributed by atoms with Gasteiger partial charge in [0.25, 0.3) is 0 Å². The summed E-state index contributed by atoms with van der Waals surface area (Å²) in [5.41, 5.74) is -0.852. The van der Waals surface area contributed by atoms with Gasteiger partial charge in [0.1, 0.15) is 11.9 Å². The van der Waals surface area contributed by atoms with Crippen molar-refractivity contribution in [2.24, 2.45) is 11.3 Å². The highest BCUT2D eigenvalue weighted by Crippen LogP contribution is 2.51. The Labute approximate surface area is 117 Å². The topological polar surface area (TPSA) is 44.0 Å². The molecule has 1 N–H and O–H groups in total. The third-order valence-corrected chi connectivity index (χ3v) is 4.58. The lowest BCUT2D eigenvalue weighted by Crippen LogP contribution is -2.25. The van der Waals surface area contributed by atoms with Crippen molar-refractivity contribution >= 4 is 11.6 Å². The van der Waals surface area contributed by atoms with Crippen molar-refractivity contribution in [3.63, 3.8) is 0 Å². The zero-order valence-corrected chi connectivity index (χ0v) is 11.6. The fourth-order valence-electron chi connectivity index (χ4n) is 2.99. The van der Waals surface area contributed by atoms with E-state index in [2.05, 4.69) is 13.0 Å². The van der Waals surface area contributed by atoms with Crippen molar-refractivity contribution in [3.05, 3.63) is 34.6 Å². The summed E-state index contributed by atoms with van der Waals surface area (Å²) >= 11 is 5.98. The van der Waals surface area contributed by atoms with Gasteiger partial charge in [0.2, 0.25) is 0 Å². The summed E-state index contributed by atoms with van der Waals surface area (Å²) in [4.78, 5) is 0. The van der Waals surface area contributed by atoms with Crippen LogP contribution < -0.4 is 0 Å². The number of halogens is 2. The summed E-state index contributed by atoms with van der Waals surface area (Å²) in [6.07, 6.45) is 1.90.